The first-order valence-electron chi connectivity index (χ1n) is 4.86. The summed E-state index contributed by atoms with van der Waals surface area (Å²) in [6.07, 6.45) is 2.12. The average Bonchev–Trinajstić information content (AvgIpc) is 2.39. The number of hydrogen-bond acceptors (Lipinski definition) is 4. The number of carbonyl (C=O) groups excluding carboxylic acids is 1. The van der Waals surface area contributed by atoms with E-state index in [4.69, 9.17) is 16.3 Å². The number of nitrogens with zero attached hydrogens (tertiary/aromatic N) is 2. The molecule has 0 bridgehead atoms. The third kappa shape index (κ3) is 2.42. The second-order valence-electron chi connectivity index (χ2n) is 3.26. The summed E-state index contributed by atoms with van der Waals surface area (Å²) >= 11 is 5.93. The maximum Gasteiger partial charge on any atom is 0.193 e. The Morgan fingerprint density at radius 2 is 2.18 bits per heavy atom. The Kier molecular flexibility index (Phi) is 3.35. The second-order valence-corrected chi connectivity index (χ2v) is 3.70. The molecular formula is C12H9ClN2O2. The summed E-state index contributed by atoms with van der Waals surface area (Å²) in [7, 11) is 1.56. The molecule has 0 unspecified atom stereocenters. The fourth-order valence-corrected chi connectivity index (χ4v) is 1.63. The predicted octanol–water partition coefficient (Wildman–Crippen LogP) is 2.62. The Balaban J connectivity index is 2.58. The number of halogens is 1. The van der Waals surface area contributed by atoms with E-state index < -0.39 is 0 Å². The zero-order valence-corrected chi connectivity index (χ0v) is 9.81. The van der Waals surface area contributed by atoms with E-state index in [1.54, 1.807) is 31.4 Å². The summed E-state index contributed by atoms with van der Waals surface area (Å²) < 4.78 is 5.22. The van der Waals surface area contributed by atoms with Crippen molar-refractivity contribution in [3.8, 4) is 17.0 Å². The summed E-state index contributed by atoms with van der Waals surface area (Å²) in [4.78, 5) is 18.5. The van der Waals surface area contributed by atoms with Crippen molar-refractivity contribution >= 4 is 17.9 Å². The van der Waals surface area contributed by atoms with Gasteiger partial charge in [0.1, 0.15) is 5.75 Å². The van der Waals surface area contributed by atoms with Crippen LogP contribution in [0.4, 0.5) is 0 Å². The molecule has 0 amide bonds. The van der Waals surface area contributed by atoms with Gasteiger partial charge in [0, 0.05) is 16.8 Å². The van der Waals surface area contributed by atoms with Crippen molar-refractivity contribution in [3.05, 3.63) is 41.3 Å². The van der Waals surface area contributed by atoms with Crippen LogP contribution in [0.15, 0.2) is 30.5 Å². The zero-order valence-electron chi connectivity index (χ0n) is 9.05. The molecule has 0 saturated carbocycles. The van der Waals surface area contributed by atoms with Crippen molar-refractivity contribution in [3.63, 3.8) is 0 Å². The van der Waals surface area contributed by atoms with Gasteiger partial charge in [0.2, 0.25) is 0 Å². The van der Waals surface area contributed by atoms with E-state index in [9.17, 15) is 4.79 Å². The van der Waals surface area contributed by atoms with Crippen molar-refractivity contribution in [2.75, 3.05) is 7.11 Å². The number of aromatic nitrogens is 2. The minimum Gasteiger partial charge on any atom is -0.496 e. The zero-order chi connectivity index (χ0) is 12.3. The summed E-state index contributed by atoms with van der Waals surface area (Å²) in [5, 5.41) is 0.576. The fraction of sp³-hybridized carbons (Fsp3) is 0.0833. The molecule has 1 heterocycles. The van der Waals surface area contributed by atoms with Crippen LogP contribution < -0.4 is 4.74 Å². The molecule has 1 aromatic heterocycles. The smallest absolute Gasteiger partial charge is 0.193 e. The summed E-state index contributed by atoms with van der Waals surface area (Å²) in [5.41, 5.74) is 1.33. The number of hydrogen-bond donors (Lipinski definition) is 0. The molecule has 1 aromatic carbocycles. The highest BCUT2D eigenvalue weighted by molar-refractivity contribution is 6.30. The Hall–Kier alpha value is -1.94. The number of carbonyl (C=O) groups is 1. The molecule has 0 radical (unpaired) electrons. The Morgan fingerprint density at radius 1 is 1.35 bits per heavy atom. The van der Waals surface area contributed by atoms with Crippen molar-refractivity contribution in [1.82, 2.24) is 9.97 Å². The lowest BCUT2D eigenvalue weighted by Gasteiger charge is -2.08. The number of benzene rings is 1. The molecule has 0 aliphatic carbocycles. The van der Waals surface area contributed by atoms with E-state index in [1.807, 2.05) is 0 Å². The molecule has 86 valence electrons. The number of methoxy groups -OCH3 is 1. The van der Waals surface area contributed by atoms with Gasteiger partial charge < -0.3 is 4.74 Å². The summed E-state index contributed by atoms with van der Waals surface area (Å²) in [6, 6.07) is 6.91. The van der Waals surface area contributed by atoms with Crippen LogP contribution >= 0.6 is 11.6 Å². The van der Waals surface area contributed by atoms with E-state index in [-0.39, 0.29) is 5.82 Å². The third-order valence-electron chi connectivity index (χ3n) is 2.22. The minimum atomic E-state index is 0.129. The van der Waals surface area contributed by atoms with Gasteiger partial charge in [-0.3, -0.25) is 4.79 Å². The van der Waals surface area contributed by atoms with Gasteiger partial charge in [-0.15, -0.1) is 0 Å². The Morgan fingerprint density at radius 3 is 2.88 bits per heavy atom. The lowest BCUT2D eigenvalue weighted by molar-refractivity contribution is 0.111. The first kappa shape index (κ1) is 11.5. The molecule has 0 saturated heterocycles. The molecule has 0 atom stereocenters. The van der Waals surface area contributed by atoms with Gasteiger partial charge in [0.25, 0.3) is 0 Å². The lowest BCUT2D eigenvalue weighted by Crippen LogP contribution is -1.95. The van der Waals surface area contributed by atoms with Gasteiger partial charge in [-0.25, -0.2) is 9.97 Å². The van der Waals surface area contributed by atoms with Crippen LogP contribution in [0.2, 0.25) is 5.02 Å². The molecule has 2 aromatic rings. The maximum absolute atomic E-state index is 10.6. The maximum atomic E-state index is 10.6. The van der Waals surface area contributed by atoms with Crippen LogP contribution in [0.3, 0.4) is 0 Å². The van der Waals surface area contributed by atoms with Gasteiger partial charge in [-0.05, 0) is 24.3 Å². The highest BCUT2D eigenvalue weighted by atomic mass is 35.5. The molecule has 2 rings (SSSR count). The predicted molar refractivity (Wildman–Crippen MR) is 64.4 cm³/mol. The van der Waals surface area contributed by atoms with Gasteiger partial charge in [0.05, 0.1) is 12.8 Å². The molecule has 0 fully saturated rings. The minimum absolute atomic E-state index is 0.129. The molecular weight excluding hydrogens is 240 g/mol. The van der Waals surface area contributed by atoms with Crippen LogP contribution in [-0.4, -0.2) is 23.4 Å². The first-order valence-corrected chi connectivity index (χ1v) is 5.24. The van der Waals surface area contributed by atoms with Gasteiger partial charge in [-0.1, -0.05) is 11.6 Å². The SMILES string of the molecule is COc1ccc(Cl)cc1-c1ccnc(C=O)n1. The monoisotopic (exact) mass is 248 g/mol. The van der Waals surface area contributed by atoms with Crippen molar-refractivity contribution in [2.45, 2.75) is 0 Å². The Labute approximate surface area is 103 Å². The molecule has 0 aliphatic heterocycles. The Bertz CT molecular complexity index is 558. The van der Waals surface area contributed by atoms with Crippen LogP contribution in [0.1, 0.15) is 10.6 Å². The summed E-state index contributed by atoms with van der Waals surface area (Å²) in [5.74, 6) is 0.773. The van der Waals surface area contributed by atoms with E-state index in [1.165, 1.54) is 6.20 Å². The third-order valence-corrected chi connectivity index (χ3v) is 2.45. The number of rotatable bonds is 3. The number of ether oxygens (including phenoxy) is 1. The molecule has 5 heteroatoms. The normalized spacial score (nSPS) is 10.0. The first-order chi connectivity index (χ1) is 8.24. The van der Waals surface area contributed by atoms with Crippen LogP contribution in [0.25, 0.3) is 11.3 Å². The second kappa shape index (κ2) is 4.93. The average molecular weight is 249 g/mol. The van der Waals surface area contributed by atoms with Crippen molar-refractivity contribution in [2.24, 2.45) is 0 Å². The van der Waals surface area contributed by atoms with E-state index in [0.717, 1.165) is 5.56 Å². The topological polar surface area (TPSA) is 52.1 Å². The van der Waals surface area contributed by atoms with Crippen LogP contribution in [0, 0.1) is 0 Å². The van der Waals surface area contributed by atoms with Crippen LogP contribution in [-0.2, 0) is 0 Å². The molecule has 17 heavy (non-hydrogen) atoms. The standard InChI is InChI=1S/C12H9ClN2O2/c1-17-11-3-2-8(13)6-9(11)10-4-5-14-12(7-16)15-10/h2-7H,1H3. The summed E-state index contributed by atoms with van der Waals surface area (Å²) in [6.45, 7) is 0. The van der Waals surface area contributed by atoms with E-state index in [0.29, 0.717) is 22.8 Å². The van der Waals surface area contributed by atoms with E-state index >= 15 is 0 Å². The van der Waals surface area contributed by atoms with Crippen molar-refractivity contribution in [1.29, 1.82) is 0 Å². The highest BCUT2D eigenvalue weighted by Crippen LogP contribution is 2.30. The van der Waals surface area contributed by atoms with Gasteiger partial charge in [0.15, 0.2) is 12.1 Å². The highest BCUT2D eigenvalue weighted by Gasteiger charge is 2.08. The molecule has 0 spiro atoms. The quantitative estimate of drug-likeness (QED) is 0.784. The lowest BCUT2D eigenvalue weighted by atomic mass is 10.1. The van der Waals surface area contributed by atoms with Crippen LogP contribution in [0.5, 0.6) is 5.75 Å². The van der Waals surface area contributed by atoms with Gasteiger partial charge in [-0.2, -0.15) is 0 Å². The molecule has 0 N–H and O–H groups in total. The largest absolute Gasteiger partial charge is 0.496 e. The number of aldehydes is 1. The van der Waals surface area contributed by atoms with Crippen molar-refractivity contribution < 1.29 is 9.53 Å². The molecule has 0 aliphatic rings. The van der Waals surface area contributed by atoms with E-state index in [2.05, 4.69) is 9.97 Å². The van der Waals surface area contributed by atoms with Gasteiger partial charge >= 0.3 is 0 Å². The fourth-order valence-electron chi connectivity index (χ4n) is 1.46. The molecule has 4 nitrogen and oxygen atoms in total.